The first-order valence-electron chi connectivity index (χ1n) is 10.9. The number of thioether (sulfide) groups is 1. The summed E-state index contributed by atoms with van der Waals surface area (Å²) >= 11 is 6.68. The smallest absolute Gasteiger partial charge is 0.260 e. The number of nitrogens with one attached hydrogen (secondary N) is 3. The van der Waals surface area contributed by atoms with Gasteiger partial charge in [-0.1, -0.05) is 44.8 Å². The van der Waals surface area contributed by atoms with Crippen LogP contribution in [-0.4, -0.2) is 63.0 Å². The fraction of sp³-hybridized carbons (Fsp3) is 0.545. The number of thiocarbonyl (C=S) groups is 1. The number of anilines is 1. The molecule has 1 aliphatic heterocycles. The highest BCUT2D eigenvalue weighted by Gasteiger charge is 2.25. The Morgan fingerprint density at radius 2 is 1.94 bits per heavy atom. The van der Waals surface area contributed by atoms with Crippen LogP contribution in [0.25, 0.3) is 0 Å². The number of amides is 3. The van der Waals surface area contributed by atoms with E-state index in [0.29, 0.717) is 48.2 Å². The molecule has 11 heteroatoms. The second-order valence-electron chi connectivity index (χ2n) is 8.31. The van der Waals surface area contributed by atoms with Gasteiger partial charge in [0.1, 0.15) is 10.1 Å². The first kappa shape index (κ1) is 26.7. The normalized spacial score (nSPS) is 14.2. The van der Waals surface area contributed by atoms with Crippen LogP contribution in [0, 0.1) is 5.41 Å². The lowest BCUT2D eigenvalue weighted by Crippen LogP contribution is -2.40. The van der Waals surface area contributed by atoms with Crippen molar-refractivity contribution >= 4 is 57.6 Å². The van der Waals surface area contributed by atoms with E-state index in [1.165, 1.54) is 18.0 Å². The third-order valence-corrected chi connectivity index (χ3v) is 6.75. The van der Waals surface area contributed by atoms with E-state index in [1.54, 1.807) is 17.0 Å². The van der Waals surface area contributed by atoms with Crippen LogP contribution >= 0.6 is 24.0 Å². The number of rotatable bonds is 11. The summed E-state index contributed by atoms with van der Waals surface area (Å²) in [6.07, 6.45) is 3.02. The van der Waals surface area contributed by atoms with Gasteiger partial charge in [-0.3, -0.25) is 24.7 Å². The number of hydrogen-bond acceptors (Lipinski definition) is 8. The molecule has 1 saturated heterocycles. The van der Waals surface area contributed by atoms with E-state index in [4.69, 9.17) is 12.2 Å². The number of pyridine rings is 1. The van der Waals surface area contributed by atoms with Gasteiger partial charge in [-0.15, -0.1) is 0 Å². The van der Waals surface area contributed by atoms with Gasteiger partial charge in [0.2, 0.25) is 11.8 Å². The Kier molecular flexibility index (Phi) is 10.2. The molecule has 0 atom stereocenters. The molecule has 9 nitrogen and oxygen atoms in total. The summed E-state index contributed by atoms with van der Waals surface area (Å²) in [5.74, 6) is 1.05. The number of hydrazone groups is 1. The predicted molar refractivity (Wildman–Crippen MR) is 136 cm³/mol. The van der Waals surface area contributed by atoms with Crippen LogP contribution in [0.15, 0.2) is 23.4 Å². The van der Waals surface area contributed by atoms with E-state index in [0.717, 1.165) is 17.9 Å². The number of carbonyl (C=O) groups is 3. The molecule has 0 aromatic carbocycles. The fourth-order valence-corrected chi connectivity index (χ4v) is 3.89. The molecule has 1 aromatic rings. The fourth-order valence-electron chi connectivity index (χ4n) is 2.69. The molecule has 3 N–H and O–H groups in total. The summed E-state index contributed by atoms with van der Waals surface area (Å²) in [5, 5.41) is 9.86. The molecule has 1 aliphatic rings. The second-order valence-corrected chi connectivity index (χ2v) is 10.0. The van der Waals surface area contributed by atoms with Crippen LogP contribution in [0.1, 0.15) is 57.3 Å². The zero-order valence-corrected chi connectivity index (χ0v) is 21.2. The lowest BCUT2D eigenvalue weighted by molar-refractivity contribution is -0.129. The molecule has 33 heavy (non-hydrogen) atoms. The van der Waals surface area contributed by atoms with Crippen molar-refractivity contribution in [3.63, 3.8) is 0 Å². The lowest BCUT2D eigenvalue weighted by atomic mass is 9.89. The van der Waals surface area contributed by atoms with Gasteiger partial charge in [-0.05, 0) is 31.9 Å². The molecule has 0 radical (unpaired) electrons. The van der Waals surface area contributed by atoms with Crippen LogP contribution in [0.2, 0.25) is 0 Å². The summed E-state index contributed by atoms with van der Waals surface area (Å²) in [7, 11) is 0. The van der Waals surface area contributed by atoms with Crippen molar-refractivity contribution in [3.8, 4) is 0 Å². The number of nitrogens with zero attached hydrogens (tertiary/aromatic N) is 3. The Morgan fingerprint density at radius 1 is 1.21 bits per heavy atom. The Labute approximate surface area is 204 Å². The molecule has 2 rings (SSSR count). The molecule has 1 aromatic heterocycles. The number of aromatic nitrogens is 1. The Bertz CT molecular complexity index is 902. The Balaban J connectivity index is 1.69. The van der Waals surface area contributed by atoms with Crippen LogP contribution < -0.4 is 16.1 Å². The number of hydrogen-bond donors (Lipinski definition) is 3. The van der Waals surface area contributed by atoms with Gasteiger partial charge < -0.3 is 10.6 Å². The van der Waals surface area contributed by atoms with Crippen LogP contribution in [0.5, 0.6) is 0 Å². The highest BCUT2D eigenvalue weighted by molar-refractivity contribution is 8.23. The molecule has 180 valence electrons. The van der Waals surface area contributed by atoms with Gasteiger partial charge in [0.15, 0.2) is 0 Å². The summed E-state index contributed by atoms with van der Waals surface area (Å²) < 4.78 is 0.594. The lowest BCUT2D eigenvalue weighted by Gasteiger charge is -2.21. The maximum Gasteiger partial charge on any atom is 0.260 e. The Hall–Kier alpha value is -2.53. The van der Waals surface area contributed by atoms with Gasteiger partial charge in [0.05, 0.1) is 5.56 Å². The molecular formula is C22H32N6O3S2. The third-order valence-electron chi connectivity index (χ3n) is 5.32. The monoisotopic (exact) mass is 492 g/mol. The zero-order chi connectivity index (χ0) is 24.4. The second kappa shape index (κ2) is 12.6. The van der Waals surface area contributed by atoms with Crippen molar-refractivity contribution in [2.45, 2.75) is 47.0 Å². The predicted octanol–water partition coefficient (Wildman–Crippen LogP) is 2.79. The molecule has 1 fully saturated rings. The van der Waals surface area contributed by atoms with Crippen molar-refractivity contribution in [1.29, 1.82) is 0 Å². The SMILES string of the molecule is CCC(C)(C)C(=O)NCCNC(=O)CC/C(C)=N\Nc1ccc(C(=O)N2CCSC2=S)cn1. The zero-order valence-electron chi connectivity index (χ0n) is 19.6. The first-order chi connectivity index (χ1) is 15.6. The van der Waals surface area contributed by atoms with Gasteiger partial charge in [0.25, 0.3) is 5.91 Å². The average Bonchev–Trinajstić information content (AvgIpc) is 3.24. The summed E-state index contributed by atoms with van der Waals surface area (Å²) in [6.45, 7) is 8.97. The topological polar surface area (TPSA) is 116 Å². The highest BCUT2D eigenvalue weighted by Crippen LogP contribution is 2.21. The molecule has 0 spiro atoms. The average molecular weight is 493 g/mol. The minimum Gasteiger partial charge on any atom is -0.354 e. The minimum absolute atomic E-state index is 0.0159. The molecule has 3 amide bonds. The van der Waals surface area contributed by atoms with E-state index >= 15 is 0 Å². The maximum absolute atomic E-state index is 12.4. The van der Waals surface area contributed by atoms with E-state index in [-0.39, 0.29) is 17.7 Å². The van der Waals surface area contributed by atoms with E-state index < -0.39 is 5.41 Å². The first-order valence-corrected chi connectivity index (χ1v) is 12.3. The third kappa shape index (κ3) is 8.39. The maximum atomic E-state index is 12.4. The van der Waals surface area contributed by atoms with Crippen molar-refractivity contribution < 1.29 is 14.4 Å². The van der Waals surface area contributed by atoms with Crippen molar-refractivity contribution in [2.75, 3.05) is 30.8 Å². The molecular weight excluding hydrogens is 460 g/mol. The van der Waals surface area contributed by atoms with Crippen molar-refractivity contribution in [3.05, 3.63) is 23.9 Å². The standard InChI is InChI=1S/C22H32N6O3S2/c1-5-22(3,4)20(31)24-11-10-23-18(29)9-6-15(2)26-27-17-8-7-16(14-25-17)19(30)28-12-13-33-21(28)32/h7-8,14H,5-6,9-13H2,1-4H3,(H,23,29)(H,24,31)(H,25,27)/b26-15-. The van der Waals surface area contributed by atoms with Gasteiger partial charge in [0, 0.05) is 49.1 Å². The molecule has 0 saturated carbocycles. The van der Waals surface area contributed by atoms with Gasteiger partial charge in [-0.25, -0.2) is 4.98 Å². The van der Waals surface area contributed by atoms with Crippen LogP contribution in [0.3, 0.4) is 0 Å². The van der Waals surface area contributed by atoms with E-state index in [9.17, 15) is 14.4 Å². The molecule has 0 aliphatic carbocycles. The minimum atomic E-state index is -0.407. The van der Waals surface area contributed by atoms with E-state index in [2.05, 4.69) is 26.1 Å². The molecule has 2 heterocycles. The molecule has 0 unspecified atom stereocenters. The highest BCUT2D eigenvalue weighted by atomic mass is 32.2. The van der Waals surface area contributed by atoms with Gasteiger partial charge in [-0.2, -0.15) is 5.10 Å². The summed E-state index contributed by atoms with van der Waals surface area (Å²) in [4.78, 5) is 42.2. The summed E-state index contributed by atoms with van der Waals surface area (Å²) in [6, 6.07) is 3.36. The molecule has 0 bridgehead atoms. The largest absolute Gasteiger partial charge is 0.354 e. The summed E-state index contributed by atoms with van der Waals surface area (Å²) in [5.41, 5.74) is 3.64. The van der Waals surface area contributed by atoms with E-state index in [1.807, 2.05) is 27.7 Å². The van der Waals surface area contributed by atoms with Crippen LogP contribution in [-0.2, 0) is 9.59 Å². The number of carbonyl (C=O) groups excluding carboxylic acids is 3. The van der Waals surface area contributed by atoms with Crippen molar-refractivity contribution in [1.82, 2.24) is 20.5 Å². The van der Waals surface area contributed by atoms with Crippen molar-refractivity contribution in [2.24, 2.45) is 10.5 Å². The quantitative estimate of drug-likeness (QED) is 0.188. The van der Waals surface area contributed by atoms with Crippen LogP contribution in [0.4, 0.5) is 5.82 Å². The Morgan fingerprint density at radius 3 is 2.55 bits per heavy atom. The van der Waals surface area contributed by atoms with Gasteiger partial charge >= 0.3 is 0 Å².